The normalized spacial score (nSPS) is 11.7. The van der Waals surface area contributed by atoms with Gasteiger partial charge in [0.2, 0.25) is 0 Å². The molecule has 6 heteroatoms. The van der Waals surface area contributed by atoms with E-state index in [1.54, 1.807) is 11.8 Å². The fourth-order valence-electron chi connectivity index (χ4n) is 1.97. The SMILES string of the molecule is CCN(CCC(N)=NO)C(=O)c1c(C)oc(C)c1C. The number of carbonyl (C=O) groups excluding carboxylic acids is 1. The van der Waals surface area contributed by atoms with E-state index in [9.17, 15) is 4.79 Å². The number of carbonyl (C=O) groups is 1. The number of hydrogen-bond acceptors (Lipinski definition) is 4. The van der Waals surface area contributed by atoms with Gasteiger partial charge in [-0.05, 0) is 27.7 Å². The van der Waals surface area contributed by atoms with Crippen LogP contribution in [0.15, 0.2) is 9.57 Å². The molecule has 0 atom stereocenters. The van der Waals surface area contributed by atoms with Crippen LogP contribution in [0.2, 0.25) is 0 Å². The van der Waals surface area contributed by atoms with Crippen molar-refractivity contribution in [2.24, 2.45) is 10.9 Å². The Balaban J connectivity index is 2.90. The number of nitrogens with zero attached hydrogens (tertiary/aromatic N) is 2. The molecule has 0 aliphatic carbocycles. The van der Waals surface area contributed by atoms with Crippen LogP contribution in [0.1, 0.15) is 40.8 Å². The third kappa shape index (κ3) is 3.27. The van der Waals surface area contributed by atoms with Crippen molar-refractivity contribution in [2.45, 2.75) is 34.1 Å². The molecule has 0 spiro atoms. The molecule has 3 N–H and O–H groups in total. The average Bonchev–Trinajstić information content (AvgIpc) is 2.63. The van der Waals surface area contributed by atoms with Gasteiger partial charge in [0.05, 0.1) is 5.56 Å². The van der Waals surface area contributed by atoms with Gasteiger partial charge in [0, 0.05) is 25.1 Å². The lowest BCUT2D eigenvalue weighted by Crippen LogP contribution is -2.34. The number of amides is 1. The van der Waals surface area contributed by atoms with Gasteiger partial charge >= 0.3 is 0 Å². The van der Waals surface area contributed by atoms with Gasteiger partial charge in [-0.25, -0.2) is 0 Å². The van der Waals surface area contributed by atoms with Crippen molar-refractivity contribution in [2.75, 3.05) is 13.1 Å². The molecule has 1 amide bonds. The molecule has 1 rings (SSSR count). The minimum absolute atomic E-state index is 0.0833. The first-order valence-corrected chi connectivity index (χ1v) is 6.24. The smallest absolute Gasteiger partial charge is 0.257 e. The van der Waals surface area contributed by atoms with Gasteiger partial charge < -0.3 is 20.3 Å². The Hall–Kier alpha value is -1.98. The first-order chi connectivity index (χ1) is 8.92. The number of hydrogen-bond donors (Lipinski definition) is 2. The zero-order valence-corrected chi connectivity index (χ0v) is 11.9. The van der Waals surface area contributed by atoms with Gasteiger partial charge in [-0.3, -0.25) is 4.79 Å². The maximum atomic E-state index is 12.5. The molecular formula is C13H21N3O3. The van der Waals surface area contributed by atoms with Crippen LogP contribution in [0.25, 0.3) is 0 Å². The van der Waals surface area contributed by atoms with Crippen molar-refractivity contribution < 1.29 is 14.4 Å². The highest BCUT2D eigenvalue weighted by molar-refractivity contribution is 5.97. The Labute approximate surface area is 112 Å². The molecule has 6 nitrogen and oxygen atoms in total. The monoisotopic (exact) mass is 267 g/mol. The third-order valence-corrected chi connectivity index (χ3v) is 3.21. The summed E-state index contributed by atoms with van der Waals surface area (Å²) in [5, 5.41) is 11.4. The van der Waals surface area contributed by atoms with E-state index < -0.39 is 0 Å². The zero-order chi connectivity index (χ0) is 14.6. The van der Waals surface area contributed by atoms with Crippen LogP contribution in [-0.2, 0) is 0 Å². The highest BCUT2D eigenvalue weighted by Crippen LogP contribution is 2.22. The summed E-state index contributed by atoms with van der Waals surface area (Å²) in [6.45, 7) is 8.35. The lowest BCUT2D eigenvalue weighted by molar-refractivity contribution is 0.0766. The molecule has 19 heavy (non-hydrogen) atoms. The minimum Gasteiger partial charge on any atom is -0.466 e. The van der Waals surface area contributed by atoms with Gasteiger partial charge in [-0.1, -0.05) is 5.16 Å². The van der Waals surface area contributed by atoms with E-state index in [0.29, 0.717) is 30.8 Å². The highest BCUT2D eigenvalue weighted by Gasteiger charge is 2.22. The summed E-state index contributed by atoms with van der Waals surface area (Å²) in [5.74, 6) is 1.42. The van der Waals surface area contributed by atoms with E-state index >= 15 is 0 Å². The van der Waals surface area contributed by atoms with Crippen LogP contribution in [0.3, 0.4) is 0 Å². The number of amidine groups is 1. The van der Waals surface area contributed by atoms with Crippen LogP contribution in [0, 0.1) is 20.8 Å². The Morgan fingerprint density at radius 1 is 1.37 bits per heavy atom. The van der Waals surface area contributed by atoms with Crippen LogP contribution < -0.4 is 5.73 Å². The molecule has 0 saturated heterocycles. The van der Waals surface area contributed by atoms with E-state index in [-0.39, 0.29) is 11.7 Å². The van der Waals surface area contributed by atoms with Crippen molar-refractivity contribution in [3.8, 4) is 0 Å². The number of nitrogens with two attached hydrogens (primary N) is 1. The molecule has 106 valence electrons. The quantitative estimate of drug-likeness (QED) is 0.368. The second-order valence-electron chi connectivity index (χ2n) is 4.44. The van der Waals surface area contributed by atoms with Crippen LogP contribution >= 0.6 is 0 Å². The van der Waals surface area contributed by atoms with Crippen molar-refractivity contribution >= 4 is 11.7 Å². The number of oxime groups is 1. The third-order valence-electron chi connectivity index (χ3n) is 3.21. The molecule has 0 aliphatic heterocycles. The fraction of sp³-hybridized carbons (Fsp3) is 0.538. The van der Waals surface area contributed by atoms with Gasteiger partial charge in [-0.15, -0.1) is 0 Å². The molecular weight excluding hydrogens is 246 g/mol. The second-order valence-corrected chi connectivity index (χ2v) is 4.44. The summed E-state index contributed by atoms with van der Waals surface area (Å²) in [7, 11) is 0. The van der Waals surface area contributed by atoms with Gasteiger partial charge in [0.25, 0.3) is 5.91 Å². The highest BCUT2D eigenvalue weighted by atomic mass is 16.4. The molecule has 0 aliphatic rings. The van der Waals surface area contributed by atoms with E-state index in [0.717, 1.165) is 11.3 Å². The molecule has 0 bridgehead atoms. The van der Waals surface area contributed by atoms with Gasteiger partial charge in [0.1, 0.15) is 17.4 Å². The standard InChI is InChI=1S/C13H21N3O3/c1-5-16(7-6-11(14)15-18)13(17)12-8(2)9(3)19-10(12)4/h18H,5-7H2,1-4H3,(H2,14,15). The largest absolute Gasteiger partial charge is 0.466 e. The lowest BCUT2D eigenvalue weighted by Gasteiger charge is -2.20. The lowest BCUT2D eigenvalue weighted by atomic mass is 10.1. The van der Waals surface area contributed by atoms with Crippen molar-refractivity contribution in [1.29, 1.82) is 0 Å². The number of rotatable bonds is 5. The van der Waals surface area contributed by atoms with E-state index in [1.165, 1.54) is 0 Å². The topological polar surface area (TPSA) is 92.1 Å². The molecule has 0 fully saturated rings. The number of aryl methyl sites for hydroxylation is 2. The van der Waals surface area contributed by atoms with Crippen molar-refractivity contribution in [1.82, 2.24) is 4.90 Å². The van der Waals surface area contributed by atoms with Crippen LogP contribution in [0.4, 0.5) is 0 Å². The van der Waals surface area contributed by atoms with E-state index in [4.69, 9.17) is 15.4 Å². The number of furan rings is 1. The van der Waals surface area contributed by atoms with Crippen LogP contribution in [-0.4, -0.2) is 34.9 Å². The molecule has 1 aromatic rings. The summed E-state index contributed by atoms with van der Waals surface area (Å²) >= 11 is 0. The second kappa shape index (κ2) is 6.26. The summed E-state index contributed by atoms with van der Waals surface area (Å²) in [4.78, 5) is 14.1. The minimum atomic E-state index is -0.0833. The Bertz CT molecular complexity index is 492. The first kappa shape index (κ1) is 15.1. The maximum absolute atomic E-state index is 12.5. The summed E-state index contributed by atoms with van der Waals surface area (Å²) in [5.41, 5.74) is 6.90. The molecule has 0 radical (unpaired) electrons. The fourth-order valence-corrected chi connectivity index (χ4v) is 1.97. The summed E-state index contributed by atoms with van der Waals surface area (Å²) < 4.78 is 5.47. The Morgan fingerprint density at radius 2 is 2.00 bits per heavy atom. The first-order valence-electron chi connectivity index (χ1n) is 6.24. The zero-order valence-electron chi connectivity index (χ0n) is 11.9. The van der Waals surface area contributed by atoms with Gasteiger partial charge in [0.15, 0.2) is 0 Å². The predicted molar refractivity (Wildman–Crippen MR) is 72.5 cm³/mol. The Kier molecular flexibility index (Phi) is 4.97. The summed E-state index contributed by atoms with van der Waals surface area (Å²) in [6.07, 6.45) is 0.338. The molecule has 0 aromatic carbocycles. The summed E-state index contributed by atoms with van der Waals surface area (Å²) in [6, 6.07) is 0. The van der Waals surface area contributed by atoms with E-state index in [1.807, 2.05) is 20.8 Å². The Morgan fingerprint density at radius 3 is 2.42 bits per heavy atom. The molecule has 1 heterocycles. The average molecular weight is 267 g/mol. The molecule has 1 aromatic heterocycles. The predicted octanol–water partition coefficient (Wildman–Crippen LogP) is 1.80. The van der Waals surface area contributed by atoms with E-state index in [2.05, 4.69) is 5.16 Å². The molecule has 0 unspecified atom stereocenters. The van der Waals surface area contributed by atoms with Crippen LogP contribution in [0.5, 0.6) is 0 Å². The maximum Gasteiger partial charge on any atom is 0.257 e. The van der Waals surface area contributed by atoms with Crippen molar-refractivity contribution in [3.05, 3.63) is 22.6 Å². The van der Waals surface area contributed by atoms with Crippen molar-refractivity contribution in [3.63, 3.8) is 0 Å². The molecule has 0 saturated carbocycles. The van der Waals surface area contributed by atoms with Gasteiger partial charge in [-0.2, -0.15) is 0 Å².